The predicted octanol–water partition coefficient (Wildman–Crippen LogP) is 1.36. The molecule has 1 aliphatic carbocycles. The predicted molar refractivity (Wildman–Crippen MR) is 80.8 cm³/mol. The first-order valence-electron chi connectivity index (χ1n) is 7.22. The zero-order valence-corrected chi connectivity index (χ0v) is 13.0. The van der Waals surface area contributed by atoms with Crippen LogP contribution in [0.2, 0.25) is 0 Å². The van der Waals surface area contributed by atoms with E-state index < -0.39 is 0 Å². The summed E-state index contributed by atoms with van der Waals surface area (Å²) in [6.07, 6.45) is 4.12. The van der Waals surface area contributed by atoms with Gasteiger partial charge >= 0.3 is 6.03 Å². The Labute approximate surface area is 128 Å². The van der Waals surface area contributed by atoms with Crippen molar-refractivity contribution in [3.05, 3.63) is 23.7 Å². The van der Waals surface area contributed by atoms with Gasteiger partial charge in [-0.05, 0) is 18.9 Å². The molecule has 118 valence electrons. The Morgan fingerprint density at radius 2 is 2.18 bits per heavy atom. The Kier molecular flexibility index (Phi) is 3.74. The van der Waals surface area contributed by atoms with Gasteiger partial charge in [-0.25, -0.2) is 4.79 Å². The van der Waals surface area contributed by atoms with Gasteiger partial charge < -0.3 is 15.4 Å². The van der Waals surface area contributed by atoms with Crippen molar-refractivity contribution < 1.29 is 9.53 Å². The number of amides is 2. The summed E-state index contributed by atoms with van der Waals surface area (Å²) in [5, 5.41) is 14.1. The van der Waals surface area contributed by atoms with Crippen LogP contribution in [0.1, 0.15) is 30.1 Å². The first-order valence-corrected chi connectivity index (χ1v) is 7.22. The van der Waals surface area contributed by atoms with Crippen LogP contribution in [0.25, 0.3) is 0 Å². The average Bonchev–Trinajstić information content (AvgIpc) is 3.18. The van der Waals surface area contributed by atoms with Gasteiger partial charge in [-0.1, -0.05) is 0 Å². The summed E-state index contributed by atoms with van der Waals surface area (Å²) >= 11 is 0. The quantitative estimate of drug-likeness (QED) is 0.873. The Morgan fingerprint density at radius 1 is 1.41 bits per heavy atom. The molecule has 2 amide bonds. The van der Waals surface area contributed by atoms with Crippen LogP contribution < -0.4 is 15.4 Å². The van der Waals surface area contributed by atoms with Gasteiger partial charge in [0.05, 0.1) is 31.2 Å². The SMILES string of the molecule is COc1nn(C)cc1NC(=O)NCc1cc(C2CC2)nn1C. The summed E-state index contributed by atoms with van der Waals surface area (Å²) in [7, 11) is 5.17. The van der Waals surface area contributed by atoms with E-state index in [1.165, 1.54) is 20.0 Å². The Hall–Kier alpha value is -2.51. The maximum Gasteiger partial charge on any atom is 0.319 e. The summed E-state index contributed by atoms with van der Waals surface area (Å²) in [4.78, 5) is 12.0. The molecule has 0 aliphatic heterocycles. The molecule has 2 aromatic rings. The second kappa shape index (κ2) is 5.70. The molecule has 2 aromatic heterocycles. The van der Waals surface area contributed by atoms with Crippen LogP contribution in [0.5, 0.6) is 5.88 Å². The number of aromatic nitrogens is 4. The number of carbonyl (C=O) groups is 1. The second-order valence-corrected chi connectivity index (χ2v) is 5.49. The molecule has 0 spiro atoms. The average molecular weight is 304 g/mol. The Balaban J connectivity index is 1.57. The van der Waals surface area contributed by atoms with Gasteiger partial charge in [-0.2, -0.15) is 5.10 Å². The summed E-state index contributed by atoms with van der Waals surface area (Å²) < 4.78 is 8.50. The summed E-state index contributed by atoms with van der Waals surface area (Å²) in [5.74, 6) is 0.989. The molecule has 0 atom stereocenters. The van der Waals surface area contributed by atoms with Crippen molar-refractivity contribution in [3.8, 4) is 5.88 Å². The summed E-state index contributed by atoms with van der Waals surface area (Å²) in [6.45, 7) is 0.421. The molecule has 22 heavy (non-hydrogen) atoms. The lowest BCUT2D eigenvalue weighted by atomic mass is 10.2. The van der Waals surface area contributed by atoms with E-state index in [4.69, 9.17) is 4.74 Å². The van der Waals surface area contributed by atoms with E-state index in [9.17, 15) is 4.79 Å². The highest BCUT2D eigenvalue weighted by Gasteiger charge is 2.26. The van der Waals surface area contributed by atoms with Gasteiger partial charge in [0.1, 0.15) is 5.69 Å². The maximum atomic E-state index is 12.0. The molecular formula is C14H20N6O2. The molecule has 0 radical (unpaired) electrons. The zero-order chi connectivity index (χ0) is 15.7. The molecule has 1 saturated carbocycles. The number of nitrogens with zero attached hydrogens (tertiary/aromatic N) is 4. The number of nitrogens with one attached hydrogen (secondary N) is 2. The molecule has 0 bridgehead atoms. The van der Waals surface area contributed by atoms with Crippen molar-refractivity contribution in [2.24, 2.45) is 14.1 Å². The van der Waals surface area contributed by atoms with Crippen LogP contribution in [-0.4, -0.2) is 32.7 Å². The van der Waals surface area contributed by atoms with Gasteiger partial charge in [0, 0.05) is 20.0 Å². The largest absolute Gasteiger partial charge is 0.478 e. The fraction of sp³-hybridized carbons (Fsp3) is 0.500. The smallest absolute Gasteiger partial charge is 0.319 e. The molecule has 1 fully saturated rings. The molecule has 1 aliphatic rings. The first kappa shape index (κ1) is 14.4. The number of anilines is 1. The van der Waals surface area contributed by atoms with Gasteiger partial charge in [0.2, 0.25) is 0 Å². The monoisotopic (exact) mass is 304 g/mol. The standard InChI is InChI=1S/C14H20N6O2/c1-19-8-12(13(18-19)22-3)16-14(21)15-7-10-6-11(9-4-5-9)17-20(10)2/h6,8-9H,4-5,7H2,1-3H3,(H2,15,16,21). The van der Waals surface area contributed by atoms with Crippen molar-refractivity contribution >= 4 is 11.7 Å². The third kappa shape index (κ3) is 3.05. The summed E-state index contributed by atoms with van der Waals surface area (Å²) in [5.41, 5.74) is 2.63. The minimum absolute atomic E-state index is 0.305. The number of carbonyl (C=O) groups excluding carboxylic acids is 1. The normalized spacial score (nSPS) is 14.0. The van der Waals surface area contributed by atoms with Gasteiger partial charge in [-0.15, -0.1) is 5.10 Å². The zero-order valence-electron chi connectivity index (χ0n) is 13.0. The number of hydrogen-bond acceptors (Lipinski definition) is 4. The van der Waals surface area contributed by atoms with E-state index in [1.54, 1.807) is 17.9 Å². The molecule has 0 saturated heterocycles. The Morgan fingerprint density at radius 3 is 2.86 bits per heavy atom. The van der Waals surface area contributed by atoms with Crippen LogP contribution in [0, 0.1) is 0 Å². The van der Waals surface area contributed by atoms with Crippen molar-refractivity contribution in [1.29, 1.82) is 0 Å². The molecule has 8 nitrogen and oxygen atoms in total. The maximum absolute atomic E-state index is 12.0. The lowest BCUT2D eigenvalue weighted by molar-refractivity contribution is 0.251. The highest BCUT2D eigenvalue weighted by atomic mass is 16.5. The lowest BCUT2D eigenvalue weighted by Gasteiger charge is -2.07. The minimum atomic E-state index is -0.305. The molecule has 2 heterocycles. The number of ether oxygens (including phenoxy) is 1. The van der Waals surface area contributed by atoms with Crippen molar-refractivity contribution in [3.63, 3.8) is 0 Å². The van der Waals surface area contributed by atoms with Crippen LogP contribution in [-0.2, 0) is 20.6 Å². The van der Waals surface area contributed by atoms with E-state index in [2.05, 4.69) is 26.9 Å². The lowest BCUT2D eigenvalue weighted by Crippen LogP contribution is -2.29. The number of methoxy groups -OCH3 is 1. The fourth-order valence-corrected chi connectivity index (χ4v) is 2.32. The first-order chi connectivity index (χ1) is 10.6. The highest BCUT2D eigenvalue weighted by molar-refractivity contribution is 5.90. The van der Waals surface area contributed by atoms with Crippen LogP contribution in [0.15, 0.2) is 12.3 Å². The van der Waals surface area contributed by atoms with Crippen LogP contribution in [0.3, 0.4) is 0 Å². The van der Waals surface area contributed by atoms with E-state index in [-0.39, 0.29) is 6.03 Å². The molecular weight excluding hydrogens is 284 g/mol. The third-order valence-corrected chi connectivity index (χ3v) is 3.66. The molecule has 2 N–H and O–H groups in total. The number of rotatable bonds is 5. The van der Waals surface area contributed by atoms with E-state index in [0.29, 0.717) is 24.0 Å². The van der Waals surface area contributed by atoms with Gasteiger partial charge in [0.15, 0.2) is 0 Å². The van der Waals surface area contributed by atoms with E-state index in [1.807, 2.05) is 11.7 Å². The fourth-order valence-electron chi connectivity index (χ4n) is 2.32. The minimum Gasteiger partial charge on any atom is -0.478 e. The van der Waals surface area contributed by atoms with Crippen molar-refractivity contribution in [2.45, 2.75) is 25.3 Å². The topological polar surface area (TPSA) is 86.0 Å². The van der Waals surface area contributed by atoms with Crippen molar-refractivity contribution in [2.75, 3.05) is 12.4 Å². The number of hydrogen-bond donors (Lipinski definition) is 2. The molecule has 8 heteroatoms. The number of urea groups is 1. The van der Waals surface area contributed by atoms with Crippen LogP contribution >= 0.6 is 0 Å². The highest BCUT2D eigenvalue weighted by Crippen LogP contribution is 2.39. The van der Waals surface area contributed by atoms with E-state index in [0.717, 1.165) is 11.4 Å². The summed E-state index contributed by atoms with van der Waals surface area (Å²) in [6, 6.07) is 1.75. The van der Waals surface area contributed by atoms with Gasteiger partial charge in [0.25, 0.3) is 5.88 Å². The van der Waals surface area contributed by atoms with Gasteiger partial charge in [-0.3, -0.25) is 9.36 Å². The second-order valence-electron chi connectivity index (χ2n) is 5.49. The molecule has 0 unspecified atom stereocenters. The number of aryl methyl sites for hydroxylation is 2. The van der Waals surface area contributed by atoms with E-state index >= 15 is 0 Å². The third-order valence-electron chi connectivity index (χ3n) is 3.66. The van der Waals surface area contributed by atoms with Crippen LogP contribution in [0.4, 0.5) is 10.5 Å². The molecule has 0 aromatic carbocycles. The molecule has 3 rings (SSSR count). The Bertz CT molecular complexity index is 686. The van der Waals surface area contributed by atoms with Crippen molar-refractivity contribution in [1.82, 2.24) is 24.9 Å².